The summed E-state index contributed by atoms with van der Waals surface area (Å²) in [5.74, 6) is -0.446. The molecule has 1 N–H and O–H groups in total. The Morgan fingerprint density at radius 2 is 1.95 bits per heavy atom. The van der Waals surface area contributed by atoms with Gasteiger partial charge in [-0.25, -0.2) is 8.63 Å². The van der Waals surface area contributed by atoms with Gasteiger partial charge in [-0.1, -0.05) is 48.0 Å². The summed E-state index contributed by atoms with van der Waals surface area (Å²) in [4.78, 5) is 0. The van der Waals surface area contributed by atoms with Crippen molar-refractivity contribution in [2.45, 2.75) is 0 Å². The first-order valence-corrected chi connectivity index (χ1v) is 6.15. The molecule has 0 atom stereocenters. The Bertz CT molecular complexity index is 608. The molecule has 20 heavy (non-hydrogen) atoms. The molecule has 1 aromatic carbocycles. The van der Waals surface area contributed by atoms with Crippen molar-refractivity contribution in [3.05, 3.63) is 70.8 Å². The van der Waals surface area contributed by atoms with Crippen LogP contribution < -0.4 is 4.65 Å². The minimum Gasteiger partial charge on any atom is -0.507 e. The van der Waals surface area contributed by atoms with Crippen LogP contribution >= 0.6 is 11.6 Å². The van der Waals surface area contributed by atoms with Crippen LogP contribution in [0.5, 0.6) is 5.75 Å². The van der Waals surface area contributed by atoms with E-state index in [-0.39, 0.29) is 22.1 Å². The maximum absolute atomic E-state index is 12.4. The highest BCUT2D eigenvalue weighted by Gasteiger charge is 2.22. The van der Waals surface area contributed by atoms with Gasteiger partial charge in [-0.3, -0.25) is 0 Å². The van der Waals surface area contributed by atoms with E-state index in [9.17, 15) is 13.7 Å². The molecule has 0 unspecified atom stereocenters. The SMILES string of the molecule is OC(=CC=C1C=CC=C1)c1cccc(Cl)c1OB(F)F. The van der Waals surface area contributed by atoms with Crippen molar-refractivity contribution in [1.82, 2.24) is 0 Å². The van der Waals surface area contributed by atoms with Crippen LogP contribution in [-0.2, 0) is 0 Å². The molecule has 2 nitrogen and oxygen atoms in total. The Labute approximate surface area is 120 Å². The van der Waals surface area contributed by atoms with Crippen LogP contribution in [0.2, 0.25) is 5.02 Å². The van der Waals surface area contributed by atoms with Crippen LogP contribution in [0.1, 0.15) is 5.56 Å². The van der Waals surface area contributed by atoms with Crippen molar-refractivity contribution < 1.29 is 18.4 Å². The van der Waals surface area contributed by atoms with Crippen LogP contribution in [0, 0.1) is 0 Å². The van der Waals surface area contributed by atoms with E-state index in [1.54, 1.807) is 12.1 Å². The molecule has 0 spiro atoms. The zero-order chi connectivity index (χ0) is 14.5. The Hall–Kier alpha value is -2.01. The third-order valence-corrected chi connectivity index (χ3v) is 2.87. The molecule has 6 heteroatoms. The van der Waals surface area contributed by atoms with Gasteiger partial charge in [-0.05, 0) is 23.8 Å². The van der Waals surface area contributed by atoms with Crippen LogP contribution in [0.25, 0.3) is 5.76 Å². The largest absolute Gasteiger partial charge is 0.796 e. The van der Waals surface area contributed by atoms with Gasteiger partial charge in [0.05, 0.1) is 10.6 Å². The highest BCUT2D eigenvalue weighted by molar-refractivity contribution is 6.37. The van der Waals surface area contributed by atoms with Gasteiger partial charge in [0.25, 0.3) is 0 Å². The summed E-state index contributed by atoms with van der Waals surface area (Å²) >= 11 is 5.81. The predicted octanol–water partition coefficient (Wildman–Crippen LogP) is 4.59. The van der Waals surface area contributed by atoms with Crippen LogP contribution in [0.4, 0.5) is 8.63 Å². The number of allylic oxidation sites excluding steroid dienone is 7. The number of aliphatic hydroxyl groups excluding tert-OH is 1. The first-order chi connectivity index (χ1) is 9.58. The monoisotopic (exact) mass is 294 g/mol. The third-order valence-electron chi connectivity index (χ3n) is 2.57. The van der Waals surface area contributed by atoms with Gasteiger partial charge in [-0.2, -0.15) is 0 Å². The third kappa shape index (κ3) is 3.51. The number of hydrogen-bond donors (Lipinski definition) is 1. The van der Waals surface area contributed by atoms with Crippen molar-refractivity contribution in [3.63, 3.8) is 0 Å². The quantitative estimate of drug-likeness (QED) is 0.650. The van der Waals surface area contributed by atoms with Crippen molar-refractivity contribution in [2.24, 2.45) is 0 Å². The number of hydrogen-bond acceptors (Lipinski definition) is 2. The van der Waals surface area contributed by atoms with E-state index in [0.717, 1.165) is 5.57 Å². The van der Waals surface area contributed by atoms with E-state index in [1.807, 2.05) is 24.3 Å². The molecule has 0 fully saturated rings. The van der Waals surface area contributed by atoms with E-state index in [1.165, 1.54) is 18.2 Å². The smallest absolute Gasteiger partial charge is 0.507 e. The lowest BCUT2D eigenvalue weighted by molar-refractivity contribution is 0.422. The van der Waals surface area contributed by atoms with E-state index in [0.29, 0.717) is 0 Å². The molecular weight excluding hydrogens is 284 g/mol. The normalized spacial score (nSPS) is 13.8. The molecule has 0 bridgehead atoms. The van der Waals surface area contributed by atoms with Crippen LogP contribution in [0.3, 0.4) is 0 Å². The molecule has 0 aromatic heterocycles. The lowest BCUT2D eigenvalue weighted by Gasteiger charge is -2.10. The fourth-order valence-electron chi connectivity index (χ4n) is 1.68. The lowest BCUT2D eigenvalue weighted by Crippen LogP contribution is -2.10. The van der Waals surface area contributed by atoms with Gasteiger partial charge >= 0.3 is 7.47 Å². The first kappa shape index (κ1) is 14.4. The summed E-state index contributed by atoms with van der Waals surface area (Å²) in [5.41, 5.74) is 0.996. The van der Waals surface area contributed by atoms with E-state index < -0.39 is 7.47 Å². The Morgan fingerprint density at radius 3 is 2.60 bits per heavy atom. The van der Waals surface area contributed by atoms with Gasteiger partial charge in [0.15, 0.2) is 0 Å². The average Bonchev–Trinajstić information content (AvgIpc) is 2.91. The second-order valence-electron chi connectivity index (χ2n) is 3.93. The number of benzene rings is 1. The second kappa shape index (κ2) is 6.43. The van der Waals surface area contributed by atoms with Gasteiger partial charge < -0.3 is 9.76 Å². The second-order valence-corrected chi connectivity index (χ2v) is 4.34. The topological polar surface area (TPSA) is 29.5 Å². The molecule has 0 amide bonds. The summed E-state index contributed by atoms with van der Waals surface area (Å²) < 4.78 is 29.1. The highest BCUT2D eigenvalue weighted by Crippen LogP contribution is 2.33. The molecule has 102 valence electrons. The van der Waals surface area contributed by atoms with Gasteiger partial charge in [-0.15, -0.1) is 0 Å². The number of halogens is 3. The molecular formula is C14H10BClF2O2. The van der Waals surface area contributed by atoms with E-state index in [4.69, 9.17) is 11.6 Å². The zero-order valence-electron chi connectivity index (χ0n) is 10.3. The molecule has 0 saturated carbocycles. The molecule has 0 radical (unpaired) electrons. The van der Waals surface area contributed by atoms with Crippen LogP contribution in [0.15, 0.2) is 60.2 Å². The number of aliphatic hydroxyl groups is 1. The molecule has 1 aliphatic rings. The maximum atomic E-state index is 12.4. The molecule has 0 aliphatic heterocycles. The summed E-state index contributed by atoms with van der Waals surface area (Å²) in [6, 6.07) is 4.41. The summed E-state index contributed by atoms with van der Waals surface area (Å²) in [7, 11) is -3.01. The molecule has 2 rings (SSSR count). The predicted molar refractivity (Wildman–Crippen MR) is 77.0 cm³/mol. The molecule has 1 aromatic rings. The minimum absolute atomic E-state index is 0.0102. The van der Waals surface area contributed by atoms with Gasteiger partial charge in [0, 0.05) is 0 Å². The maximum Gasteiger partial charge on any atom is 0.796 e. The number of para-hydroxylation sites is 1. The summed E-state index contributed by atoms with van der Waals surface area (Å²) in [6.45, 7) is 0. The fourth-order valence-corrected chi connectivity index (χ4v) is 1.90. The number of rotatable bonds is 4. The van der Waals surface area contributed by atoms with Crippen molar-refractivity contribution in [1.29, 1.82) is 0 Å². The summed E-state index contributed by atoms with van der Waals surface area (Å²) in [5, 5.41) is 9.99. The van der Waals surface area contributed by atoms with Crippen molar-refractivity contribution in [3.8, 4) is 5.75 Å². The molecule has 0 saturated heterocycles. The Balaban J connectivity index is 2.33. The zero-order valence-corrected chi connectivity index (χ0v) is 11.0. The highest BCUT2D eigenvalue weighted by atomic mass is 35.5. The van der Waals surface area contributed by atoms with E-state index in [2.05, 4.69) is 4.65 Å². The fraction of sp³-hybridized carbons (Fsp3) is 0. The van der Waals surface area contributed by atoms with Crippen molar-refractivity contribution >= 4 is 24.8 Å². The Kier molecular flexibility index (Phi) is 4.63. The minimum atomic E-state index is -3.01. The average molecular weight is 294 g/mol. The van der Waals surface area contributed by atoms with Crippen molar-refractivity contribution in [2.75, 3.05) is 0 Å². The van der Waals surface area contributed by atoms with Crippen LogP contribution in [-0.4, -0.2) is 12.6 Å². The van der Waals surface area contributed by atoms with E-state index >= 15 is 0 Å². The molecule has 0 heterocycles. The molecule has 1 aliphatic carbocycles. The van der Waals surface area contributed by atoms with Gasteiger partial charge in [0.1, 0.15) is 11.5 Å². The first-order valence-electron chi connectivity index (χ1n) is 5.77. The van der Waals surface area contributed by atoms with Gasteiger partial charge in [0.2, 0.25) is 0 Å². The standard InChI is InChI=1S/C14H10BClF2O2/c16-12-7-3-6-11(14(12)20-15(17)18)13(19)9-8-10-4-1-2-5-10/h1-9,19H. The summed E-state index contributed by atoms with van der Waals surface area (Å²) in [6.07, 6.45) is 10.4. The lowest BCUT2D eigenvalue weighted by atomic mass is 10.1. The Morgan fingerprint density at radius 1 is 1.25 bits per heavy atom.